The first kappa shape index (κ1) is 31.2. The molecule has 0 unspecified atom stereocenters. The lowest BCUT2D eigenvalue weighted by Crippen LogP contribution is -2.37. The summed E-state index contributed by atoms with van der Waals surface area (Å²) in [5.41, 5.74) is 0. The molecule has 2 heteroatoms. The van der Waals surface area contributed by atoms with Crippen LogP contribution in [0.5, 0.6) is 0 Å². The second kappa shape index (κ2) is 23.9. The number of hydrogen-bond donors (Lipinski definition) is 0. The summed E-state index contributed by atoms with van der Waals surface area (Å²) >= 11 is 0. The van der Waals surface area contributed by atoms with Crippen molar-refractivity contribution in [3.8, 4) is 0 Å². The van der Waals surface area contributed by atoms with Crippen LogP contribution in [0.15, 0.2) is 12.4 Å². The van der Waals surface area contributed by atoms with Crippen LogP contribution in [0.3, 0.4) is 0 Å². The van der Waals surface area contributed by atoms with Crippen molar-refractivity contribution in [2.45, 2.75) is 188 Å². The van der Waals surface area contributed by atoms with Crippen LogP contribution in [0.1, 0.15) is 174 Å². The topological polar surface area (TPSA) is 8.81 Å². The smallest absolute Gasteiger partial charge is 0.234 e. The van der Waals surface area contributed by atoms with E-state index in [-0.39, 0.29) is 0 Å². The first-order valence-corrected chi connectivity index (χ1v) is 15.9. The molecule has 2 nitrogen and oxygen atoms in total. The van der Waals surface area contributed by atoms with E-state index in [1.54, 1.807) is 5.82 Å². The molecular formula is C32H63N2+. The number of rotatable bonds is 26. The molecule has 0 fully saturated rings. The quantitative estimate of drug-likeness (QED) is 0.0930. The zero-order valence-corrected chi connectivity index (χ0v) is 23.9. The largest absolute Gasteiger partial charge is 0.256 e. The molecule has 200 valence electrons. The van der Waals surface area contributed by atoms with E-state index in [0.717, 1.165) is 0 Å². The van der Waals surface area contributed by atoms with Gasteiger partial charge in [-0.3, -0.25) is 0 Å². The molecule has 0 atom stereocenters. The Kier molecular flexibility index (Phi) is 22.0. The van der Waals surface area contributed by atoms with Crippen molar-refractivity contribution < 1.29 is 4.57 Å². The Balaban J connectivity index is 2.13. The monoisotopic (exact) mass is 475 g/mol. The maximum absolute atomic E-state index is 2.59. The molecule has 1 heterocycles. The van der Waals surface area contributed by atoms with Gasteiger partial charge in [0.25, 0.3) is 5.82 Å². The second-order valence-electron chi connectivity index (χ2n) is 10.9. The Morgan fingerprint density at radius 1 is 0.500 bits per heavy atom. The van der Waals surface area contributed by atoms with E-state index in [0.29, 0.717) is 0 Å². The van der Waals surface area contributed by atoms with Gasteiger partial charge in [0.05, 0.1) is 13.1 Å². The summed E-state index contributed by atoms with van der Waals surface area (Å²) in [6.45, 7) is 9.37. The Morgan fingerprint density at radius 2 is 0.912 bits per heavy atom. The fourth-order valence-corrected chi connectivity index (χ4v) is 5.26. The molecule has 1 aromatic rings. The molecule has 0 bridgehead atoms. The molecular weight excluding hydrogens is 412 g/mol. The van der Waals surface area contributed by atoms with E-state index in [2.05, 4.69) is 42.3 Å². The van der Waals surface area contributed by atoms with Crippen LogP contribution in [-0.4, -0.2) is 4.57 Å². The van der Waals surface area contributed by atoms with Gasteiger partial charge in [0, 0.05) is 6.42 Å². The van der Waals surface area contributed by atoms with Crippen LogP contribution >= 0.6 is 0 Å². The second-order valence-corrected chi connectivity index (χ2v) is 10.9. The number of unbranched alkanes of at least 4 members (excludes halogenated alkanes) is 20. The minimum atomic E-state index is 1.22. The van der Waals surface area contributed by atoms with Crippen LogP contribution in [0.25, 0.3) is 0 Å². The molecule has 0 aliphatic heterocycles. The predicted octanol–water partition coefficient (Wildman–Crippen LogP) is 10.4. The molecule has 1 aromatic heterocycles. The van der Waals surface area contributed by atoms with Gasteiger partial charge >= 0.3 is 0 Å². The van der Waals surface area contributed by atoms with Gasteiger partial charge in [-0.2, -0.15) is 0 Å². The maximum atomic E-state index is 2.59. The Labute approximate surface area is 215 Å². The van der Waals surface area contributed by atoms with Crippen molar-refractivity contribution in [3.05, 3.63) is 18.2 Å². The van der Waals surface area contributed by atoms with Crippen molar-refractivity contribution in [2.24, 2.45) is 0 Å². The summed E-state index contributed by atoms with van der Waals surface area (Å²) in [5, 5.41) is 0. The van der Waals surface area contributed by atoms with Gasteiger partial charge in [-0.1, -0.05) is 136 Å². The lowest BCUT2D eigenvalue weighted by Gasteiger charge is -2.06. The number of hydrogen-bond acceptors (Lipinski definition) is 0. The maximum Gasteiger partial charge on any atom is 0.256 e. The van der Waals surface area contributed by atoms with Crippen LogP contribution in [0, 0.1) is 0 Å². The van der Waals surface area contributed by atoms with E-state index >= 15 is 0 Å². The van der Waals surface area contributed by atoms with Gasteiger partial charge in [-0.25, -0.2) is 9.13 Å². The van der Waals surface area contributed by atoms with Crippen molar-refractivity contribution in [3.63, 3.8) is 0 Å². The van der Waals surface area contributed by atoms with Crippen LogP contribution in [0.4, 0.5) is 0 Å². The van der Waals surface area contributed by atoms with Crippen LogP contribution in [-0.2, 0) is 19.5 Å². The number of aromatic nitrogens is 2. The third-order valence-corrected chi connectivity index (χ3v) is 7.60. The first-order valence-electron chi connectivity index (χ1n) is 15.9. The molecule has 0 aliphatic carbocycles. The summed E-state index contributed by atoms with van der Waals surface area (Å²) in [6, 6.07) is 0. The predicted molar refractivity (Wildman–Crippen MR) is 152 cm³/mol. The minimum absolute atomic E-state index is 1.22. The molecule has 34 heavy (non-hydrogen) atoms. The highest BCUT2D eigenvalue weighted by Crippen LogP contribution is 2.14. The summed E-state index contributed by atoms with van der Waals surface area (Å²) in [6.07, 6.45) is 38.5. The Hall–Kier alpha value is -0.790. The fourth-order valence-electron chi connectivity index (χ4n) is 5.26. The zero-order valence-electron chi connectivity index (χ0n) is 23.9. The average molecular weight is 476 g/mol. The summed E-state index contributed by atoms with van der Waals surface area (Å²) in [4.78, 5) is 0. The molecule has 0 N–H and O–H groups in total. The highest BCUT2D eigenvalue weighted by molar-refractivity contribution is 4.84. The normalized spacial score (nSPS) is 11.5. The molecule has 0 amide bonds. The number of aryl methyl sites for hydroxylation is 2. The van der Waals surface area contributed by atoms with Gasteiger partial charge in [0.2, 0.25) is 0 Å². The summed E-state index contributed by atoms with van der Waals surface area (Å²) in [7, 11) is 0. The van der Waals surface area contributed by atoms with E-state index in [1.807, 2.05) is 0 Å². The summed E-state index contributed by atoms with van der Waals surface area (Å²) < 4.78 is 5.17. The van der Waals surface area contributed by atoms with Gasteiger partial charge < -0.3 is 0 Å². The van der Waals surface area contributed by atoms with E-state index < -0.39 is 0 Å². The molecule has 0 saturated carbocycles. The SMILES string of the molecule is CCCCCCCCCCCCCCCCCn1cc[n+](CCCCCC)c1CCCCCC. The highest BCUT2D eigenvalue weighted by atomic mass is 15.1. The van der Waals surface area contributed by atoms with Gasteiger partial charge in [0.1, 0.15) is 12.4 Å². The third kappa shape index (κ3) is 16.8. The summed E-state index contributed by atoms with van der Waals surface area (Å²) in [5.74, 6) is 1.60. The lowest BCUT2D eigenvalue weighted by atomic mass is 10.0. The minimum Gasteiger partial charge on any atom is -0.234 e. The van der Waals surface area contributed by atoms with Crippen molar-refractivity contribution in [2.75, 3.05) is 0 Å². The highest BCUT2D eigenvalue weighted by Gasteiger charge is 2.16. The zero-order chi connectivity index (χ0) is 24.5. The molecule has 1 rings (SSSR count). The Bertz CT molecular complexity index is 533. The van der Waals surface area contributed by atoms with Crippen molar-refractivity contribution in [1.82, 2.24) is 4.57 Å². The van der Waals surface area contributed by atoms with Gasteiger partial charge in [0.15, 0.2) is 0 Å². The van der Waals surface area contributed by atoms with Gasteiger partial charge in [-0.05, 0) is 32.1 Å². The standard InChI is InChI=1S/C32H63N2/c1-4-7-10-13-14-15-16-17-18-19-20-21-22-23-26-29-34-31-30-33(28-25-12-9-6-3)32(34)27-24-11-8-5-2/h30-31H,4-29H2,1-3H3/q+1. The van der Waals surface area contributed by atoms with Crippen molar-refractivity contribution in [1.29, 1.82) is 0 Å². The fraction of sp³-hybridized carbons (Fsp3) is 0.906. The average Bonchev–Trinajstić information content (AvgIpc) is 3.23. The number of nitrogens with zero attached hydrogens (tertiary/aromatic N) is 2. The van der Waals surface area contributed by atoms with Crippen LogP contribution < -0.4 is 4.57 Å². The first-order chi connectivity index (χ1) is 16.8. The Morgan fingerprint density at radius 3 is 1.41 bits per heavy atom. The molecule has 0 radical (unpaired) electrons. The van der Waals surface area contributed by atoms with Crippen molar-refractivity contribution >= 4 is 0 Å². The molecule has 0 spiro atoms. The van der Waals surface area contributed by atoms with Crippen LogP contribution in [0.2, 0.25) is 0 Å². The molecule has 0 aromatic carbocycles. The van der Waals surface area contributed by atoms with E-state index in [9.17, 15) is 0 Å². The van der Waals surface area contributed by atoms with Gasteiger partial charge in [-0.15, -0.1) is 0 Å². The van der Waals surface area contributed by atoms with E-state index in [4.69, 9.17) is 0 Å². The molecule has 0 saturated heterocycles. The number of imidazole rings is 1. The third-order valence-electron chi connectivity index (χ3n) is 7.60. The molecule has 0 aliphatic rings. The lowest BCUT2D eigenvalue weighted by molar-refractivity contribution is -0.704. The van der Waals surface area contributed by atoms with E-state index in [1.165, 1.54) is 167 Å².